The lowest BCUT2D eigenvalue weighted by atomic mass is 10.4. The molecule has 0 aromatic carbocycles. The van der Waals surface area contributed by atoms with Gasteiger partial charge in [-0.1, -0.05) is 6.92 Å². The Bertz CT molecular complexity index is 499. The summed E-state index contributed by atoms with van der Waals surface area (Å²) >= 11 is 2.23. The Morgan fingerprint density at radius 1 is 1.50 bits per heavy atom. The van der Waals surface area contributed by atoms with Gasteiger partial charge in [-0.05, 0) is 35.9 Å². The topological polar surface area (TPSA) is 61.7 Å². The molecule has 0 unspecified atom stereocenters. The average Bonchev–Trinajstić information content (AvgIpc) is 2.74. The van der Waals surface area contributed by atoms with Crippen molar-refractivity contribution < 1.29 is 0 Å². The summed E-state index contributed by atoms with van der Waals surface area (Å²) in [5, 5.41) is 8.69. The van der Waals surface area contributed by atoms with Crippen LogP contribution in [0, 0.1) is 10.5 Å². The smallest absolute Gasteiger partial charge is 0.175 e. The van der Waals surface area contributed by atoms with E-state index >= 15 is 0 Å². The van der Waals surface area contributed by atoms with Crippen molar-refractivity contribution in [2.24, 2.45) is 0 Å². The number of anilines is 1. The molecule has 86 valence electrons. The molecule has 0 saturated carbocycles. The summed E-state index contributed by atoms with van der Waals surface area (Å²) in [6.07, 6.45) is 4.77. The van der Waals surface area contributed by atoms with Crippen molar-refractivity contribution in [3.8, 4) is 5.82 Å². The van der Waals surface area contributed by atoms with Crippen LogP contribution in [0.4, 0.5) is 5.69 Å². The first-order valence-electron chi connectivity index (χ1n) is 5.17. The Kier molecular flexibility index (Phi) is 3.17. The van der Waals surface area contributed by atoms with Crippen LogP contribution in [0.3, 0.4) is 0 Å². The van der Waals surface area contributed by atoms with Crippen LogP contribution >= 0.6 is 22.6 Å². The first-order chi connectivity index (χ1) is 7.63. The van der Waals surface area contributed by atoms with E-state index in [2.05, 4.69) is 39.7 Å². The molecule has 0 saturated heterocycles. The van der Waals surface area contributed by atoms with E-state index in [1.165, 1.54) is 0 Å². The molecule has 0 atom stereocenters. The minimum absolute atomic E-state index is 0.702. The Hall–Kier alpha value is -1.05. The van der Waals surface area contributed by atoms with Crippen molar-refractivity contribution in [3.05, 3.63) is 21.7 Å². The Morgan fingerprint density at radius 3 is 2.81 bits per heavy atom. The second-order valence-corrected chi connectivity index (χ2v) is 4.89. The van der Waals surface area contributed by atoms with Crippen LogP contribution in [0.25, 0.3) is 5.82 Å². The number of nitrogens with zero attached hydrogens (tertiary/aromatic N) is 4. The number of hydrogen-bond acceptors (Lipinski definition) is 3. The van der Waals surface area contributed by atoms with Crippen LogP contribution in [0.1, 0.15) is 19.0 Å². The molecule has 2 N–H and O–H groups in total. The lowest BCUT2D eigenvalue weighted by Gasteiger charge is -2.06. The van der Waals surface area contributed by atoms with Crippen LogP contribution in [0.15, 0.2) is 12.4 Å². The SMILES string of the molecule is CCCn1nc(C)c(N)c1-n1cc(I)cn1. The normalized spacial score (nSPS) is 10.9. The van der Waals surface area contributed by atoms with E-state index in [0.717, 1.165) is 28.0 Å². The maximum atomic E-state index is 6.03. The molecule has 0 amide bonds. The second kappa shape index (κ2) is 4.44. The van der Waals surface area contributed by atoms with E-state index in [1.807, 2.05) is 17.8 Å². The third-order valence-corrected chi connectivity index (χ3v) is 2.91. The van der Waals surface area contributed by atoms with Gasteiger partial charge < -0.3 is 5.73 Å². The number of nitrogens with two attached hydrogens (primary N) is 1. The van der Waals surface area contributed by atoms with E-state index in [1.54, 1.807) is 10.9 Å². The Labute approximate surface area is 108 Å². The monoisotopic (exact) mass is 331 g/mol. The molecule has 0 radical (unpaired) electrons. The van der Waals surface area contributed by atoms with Crippen molar-refractivity contribution in [1.82, 2.24) is 19.6 Å². The highest BCUT2D eigenvalue weighted by molar-refractivity contribution is 14.1. The molecule has 0 spiro atoms. The molecular formula is C10H14IN5. The quantitative estimate of drug-likeness (QED) is 0.875. The lowest BCUT2D eigenvalue weighted by molar-refractivity contribution is 0.574. The van der Waals surface area contributed by atoms with Crippen LogP contribution in [-0.4, -0.2) is 19.6 Å². The summed E-state index contributed by atoms with van der Waals surface area (Å²) in [6, 6.07) is 0. The molecule has 16 heavy (non-hydrogen) atoms. The largest absolute Gasteiger partial charge is 0.394 e. The number of aromatic nitrogens is 4. The van der Waals surface area contributed by atoms with E-state index < -0.39 is 0 Å². The predicted molar refractivity (Wildman–Crippen MR) is 71.5 cm³/mol. The van der Waals surface area contributed by atoms with Gasteiger partial charge in [0.15, 0.2) is 5.82 Å². The van der Waals surface area contributed by atoms with Gasteiger partial charge in [-0.2, -0.15) is 10.2 Å². The van der Waals surface area contributed by atoms with Gasteiger partial charge in [0.1, 0.15) is 0 Å². The molecule has 0 bridgehead atoms. The van der Waals surface area contributed by atoms with Crippen molar-refractivity contribution in [1.29, 1.82) is 0 Å². The van der Waals surface area contributed by atoms with Gasteiger partial charge in [-0.25, -0.2) is 9.36 Å². The van der Waals surface area contributed by atoms with E-state index in [-0.39, 0.29) is 0 Å². The van der Waals surface area contributed by atoms with E-state index in [9.17, 15) is 0 Å². The summed E-state index contributed by atoms with van der Waals surface area (Å²) in [5.74, 6) is 0.863. The van der Waals surface area contributed by atoms with Crippen molar-refractivity contribution in [3.63, 3.8) is 0 Å². The Balaban J connectivity index is 2.53. The van der Waals surface area contributed by atoms with Crippen molar-refractivity contribution in [2.75, 3.05) is 5.73 Å². The number of nitrogen functional groups attached to an aromatic ring is 1. The van der Waals surface area contributed by atoms with Gasteiger partial charge in [0.05, 0.1) is 21.1 Å². The number of halogens is 1. The highest BCUT2D eigenvalue weighted by atomic mass is 127. The molecule has 0 aliphatic heterocycles. The van der Waals surface area contributed by atoms with Gasteiger partial charge in [0, 0.05) is 12.7 Å². The minimum Gasteiger partial charge on any atom is -0.394 e. The minimum atomic E-state index is 0.702. The molecule has 2 rings (SSSR count). The maximum Gasteiger partial charge on any atom is 0.175 e. The van der Waals surface area contributed by atoms with Gasteiger partial charge in [0.2, 0.25) is 0 Å². The number of rotatable bonds is 3. The maximum absolute atomic E-state index is 6.03. The highest BCUT2D eigenvalue weighted by Gasteiger charge is 2.14. The number of hydrogen-bond donors (Lipinski definition) is 1. The first-order valence-corrected chi connectivity index (χ1v) is 6.24. The zero-order valence-corrected chi connectivity index (χ0v) is 11.5. The fourth-order valence-electron chi connectivity index (χ4n) is 1.61. The lowest BCUT2D eigenvalue weighted by Crippen LogP contribution is -2.09. The summed E-state index contributed by atoms with van der Waals surface area (Å²) in [7, 11) is 0. The van der Waals surface area contributed by atoms with Crippen LogP contribution in [0.2, 0.25) is 0 Å². The summed E-state index contributed by atoms with van der Waals surface area (Å²) in [6.45, 7) is 4.88. The van der Waals surface area contributed by atoms with Crippen molar-refractivity contribution >= 4 is 28.3 Å². The molecule has 2 aromatic rings. The fourth-order valence-corrected chi connectivity index (χ4v) is 2.00. The first kappa shape index (κ1) is 11.4. The zero-order valence-electron chi connectivity index (χ0n) is 9.31. The van der Waals surface area contributed by atoms with Crippen LogP contribution < -0.4 is 5.73 Å². The second-order valence-electron chi connectivity index (χ2n) is 3.65. The van der Waals surface area contributed by atoms with E-state index in [4.69, 9.17) is 5.73 Å². The van der Waals surface area contributed by atoms with Crippen LogP contribution in [-0.2, 0) is 6.54 Å². The predicted octanol–water partition coefficient (Wildman–Crippen LogP) is 1.97. The molecular weight excluding hydrogens is 317 g/mol. The molecule has 2 aromatic heterocycles. The molecule has 0 aliphatic carbocycles. The van der Waals surface area contributed by atoms with E-state index in [0.29, 0.717) is 5.69 Å². The third kappa shape index (κ3) is 1.93. The fraction of sp³-hybridized carbons (Fsp3) is 0.400. The van der Waals surface area contributed by atoms with Gasteiger partial charge in [-0.3, -0.25) is 0 Å². The van der Waals surface area contributed by atoms with Gasteiger partial charge in [0.25, 0.3) is 0 Å². The summed E-state index contributed by atoms with van der Waals surface area (Å²) < 4.78 is 4.78. The molecule has 0 aliphatic rings. The van der Waals surface area contributed by atoms with Gasteiger partial charge in [-0.15, -0.1) is 0 Å². The van der Waals surface area contributed by atoms with Crippen molar-refractivity contribution in [2.45, 2.75) is 26.8 Å². The molecule has 5 nitrogen and oxygen atoms in total. The third-order valence-electron chi connectivity index (χ3n) is 2.35. The zero-order chi connectivity index (χ0) is 11.7. The molecule has 2 heterocycles. The highest BCUT2D eigenvalue weighted by Crippen LogP contribution is 2.21. The standard InChI is InChI=1S/C10H14IN5/c1-3-4-15-10(9(12)7(2)14-15)16-6-8(11)5-13-16/h5-6H,3-4,12H2,1-2H3. The van der Waals surface area contributed by atoms with Crippen LogP contribution in [0.5, 0.6) is 0 Å². The molecule has 0 fully saturated rings. The number of aryl methyl sites for hydroxylation is 2. The summed E-state index contributed by atoms with van der Waals surface area (Å²) in [5.41, 5.74) is 7.59. The summed E-state index contributed by atoms with van der Waals surface area (Å²) in [4.78, 5) is 0. The molecule has 6 heteroatoms. The van der Waals surface area contributed by atoms with Gasteiger partial charge >= 0.3 is 0 Å². The Morgan fingerprint density at radius 2 is 2.25 bits per heavy atom. The average molecular weight is 331 g/mol.